The fourth-order valence-electron chi connectivity index (χ4n) is 4.00. The zero-order valence-corrected chi connectivity index (χ0v) is 20.1. The van der Waals surface area contributed by atoms with Crippen LogP contribution in [0.25, 0.3) is 0 Å². The van der Waals surface area contributed by atoms with E-state index < -0.39 is 10.0 Å². The van der Waals surface area contributed by atoms with Crippen LogP contribution in [-0.2, 0) is 19.6 Å². The van der Waals surface area contributed by atoms with Crippen molar-refractivity contribution < 1.29 is 22.7 Å². The van der Waals surface area contributed by atoms with Crippen LogP contribution in [0.1, 0.15) is 15.9 Å². The van der Waals surface area contributed by atoms with Crippen molar-refractivity contribution in [3.8, 4) is 0 Å². The Kier molecular flexibility index (Phi) is 7.50. The fraction of sp³-hybridized carbons (Fsp3) is 0.417. The summed E-state index contributed by atoms with van der Waals surface area (Å²) in [6, 6.07) is 13.0. The number of nitrogens with zero attached hydrogens (tertiary/aromatic N) is 3. The van der Waals surface area contributed by atoms with Crippen LogP contribution in [0.15, 0.2) is 53.4 Å². The molecule has 0 saturated carbocycles. The largest absolute Gasteiger partial charge is 0.379 e. The number of piperazine rings is 1. The lowest BCUT2D eigenvalue weighted by Gasteiger charge is -2.36. The maximum atomic E-state index is 12.9. The number of hydrogen-bond donors (Lipinski definition) is 1. The van der Waals surface area contributed by atoms with Gasteiger partial charge in [-0.25, -0.2) is 8.42 Å². The molecule has 0 aliphatic carbocycles. The van der Waals surface area contributed by atoms with E-state index in [1.807, 2.05) is 19.1 Å². The summed E-state index contributed by atoms with van der Waals surface area (Å²) in [5.74, 6) is -0.0969. The number of ether oxygens (including phenoxy) is 1. The molecule has 2 heterocycles. The van der Waals surface area contributed by atoms with Gasteiger partial charge < -0.3 is 14.5 Å². The SMILES string of the molecule is Cc1ccc(NS(=O)(=O)c2ccc(C(=O)N3CCN(C(=O)CN4CCOCC4)CC3)cc2)cc1. The summed E-state index contributed by atoms with van der Waals surface area (Å²) >= 11 is 0. The standard InChI is InChI=1S/C24H30N4O5S/c1-19-2-6-21(7-3-19)25-34(31,32)22-8-4-20(5-9-22)24(30)28-12-10-27(11-13-28)23(29)18-26-14-16-33-17-15-26/h2-9,25H,10-18H2,1H3. The van der Waals surface area contributed by atoms with Gasteiger partial charge in [0.05, 0.1) is 24.7 Å². The van der Waals surface area contributed by atoms with Gasteiger partial charge in [-0.1, -0.05) is 17.7 Å². The third kappa shape index (κ3) is 5.94. The molecule has 0 radical (unpaired) electrons. The van der Waals surface area contributed by atoms with Crippen molar-refractivity contribution in [3.05, 3.63) is 59.7 Å². The van der Waals surface area contributed by atoms with E-state index >= 15 is 0 Å². The van der Waals surface area contributed by atoms with Gasteiger partial charge in [-0.2, -0.15) is 0 Å². The minimum atomic E-state index is -3.75. The quantitative estimate of drug-likeness (QED) is 0.663. The van der Waals surface area contributed by atoms with E-state index in [4.69, 9.17) is 4.74 Å². The molecule has 2 fully saturated rings. The Labute approximate surface area is 200 Å². The van der Waals surface area contributed by atoms with Gasteiger partial charge in [-0.3, -0.25) is 19.2 Å². The number of nitrogens with one attached hydrogen (secondary N) is 1. The number of aryl methyl sites for hydroxylation is 1. The average Bonchev–Trinajstić information content (AvgIpc) is 2.86. The number of carbonyl (C=O) groups excluding carboxylic acids is 2. The molecule has 1 N–H and O–H groups in total. The van der Waals surface area contributed by atoms with E-state index in [1.54, 1.807) is 21.9 Å². The van der Waals surface area contributed by atoms with Crippen LogP contribution in [0.3, 0.4) is 0 Å². The van der Waals surface area contributed by atoms with E-state index in [-0.39, 0.29) is 16.7 Å². The van der Waals surface area contributed by atoms with Crippen LogP contribution < -0.4 is 4.72 Å². The van der Waals surface area contributed by atoms with Gasteiger partial charge in [0.2, 0.25) is 5.91 Å². The maximum Gasteiger partial charge on any atom is 0.261 e. The number of anilines is 1. The van der Waals surface area contributed by atoms with Gasteiger partial charge in [0.25, 0.3) is 15.9 Å². The summed E-state index contributed by atoms with van der Waals surface area (Å²) in [6.45, 7) is 7.00. The Morgan fingerprint density at radius 1 is 0.853 bits per heavy atom. The van der Waals surface area contributed by atoms with E-state index in [0.29, 0.717) is 57.2 Å². The molecule has 2 aromatic carbocycles. The second kappa shape index (κ2) is 10.5. The lowest BCUT2D eigenvalue weighted by molar-refractivity contribution is -0.134. The Balaban J connectivity index is 1.31. The molecular formula is C24H30N4O5S. The number of benzene rings is 2. The second-order valence-electron chi connectivity index (χ2n) is 8.56. The number of morpholine rings is 1. The van der Waals surface area contributed by atoms with Gasteiger partial charge in [0.1, 0.15) is 0 Å². The van der Waals surface area contributed by atoms with Crippen molar-refractivity contribution >= 4 is 27.5 Å². The van der Waals surface area contributed by atoms with E-state index in [2.05, 4.69) is 9.62 Å². The van der Waals surface area contributed by atoms with Crippen molar-refractivity contribution in [3.63, 3.8) is 0 Å². The van der Waals surface area contributed by atoms with Crippen molar-refractivity contribution in [2.24, 2.45) is 0 Å². The van der Waals surface area contributed by atoms with Gasteiger partial charge in [-0.15, -0.1) is 0 Å². The number of carbonyl (C=O) groups is 2. The van der Waals surface area contributed by atoms with Crippen molar-refractivity contribution in [2.75, 3.05) is 63.7 Å². The predicted octanol–water partition coefficient (Wildman–Crippen LogP) is 1.41. The molecule has 0 atom stereocenters. The van der Waals surface area contributed by atoms with Crippen LogP contribution in [0, 0.1) is 6.92 Å². The Morgan fingerprint density at radius 3 is 2.06 bits per heavy atom. The van der Waals surface area contributed by atoms with Crippen molar-refractivity contribution in [1.29, 1.82) is 0 Å². The van der Waals surface area contributed by atoms with Crippen LogP contribution in [0.5, 0.6) is 0 Å². The lowest BCUT2D eigenvalue weighted by Crippen LogP contribution is -2.53. The summed E-state index contributed by atoms with van der Waals surface area (Å²) in [7, 11) is -3.75. The first-order valence-corrected chi connectivity index (χ1v) is 12.9. The van der Waals surface area contributed by atoms with Crippen LogP contribution in [-0.4, -0.2) is 94.0 Å². The first kappa shape index (κ1) is 24.2. The van der Waals surface area contributed by atoms with Crippen LogP contribution in [0.2, 0.25) is 0 Å². The molecule has 2 saturated heterocycles. The molecule has 10 heteroatoms. The molecule has 0 aromatic heterocycles. The predicted molar refractivity (Wildman–Crippen MR) is 128 cm³/mol. The molecule has 0 bridgehead atoms. The smallest absolute Gasteiger partial charge is 0.261 e. The van der Waals surface area contributed by atoms with Gasteiger partial charge in [0.15, 0.2) is 0 Å². The fourth-order valence-corrected chi connectivity index (χ4v) is 5.06. The van der Waals surface area contributed by atoms with Crippen LogP contribution in [0.4, 0.5) is 5.69 Å². The van der Waals surface area contributed by atoms with E-state index in [9.17, 15) is 18.0 Å². The minimum Gasteiger partial charge on any atom is -0.379 e. The van der Waals surface area contributed by atoms with Gasteiger partial charge in [-0.05, 0) is 43.3 Å². The summed E-state index contributed by atoms with van der Waals surface area (Å²) < 4.78 is 33.2. The van der Waals surface area contributed by atoms with E-state index in [1.165, 1.54) is 24.3 Å². The molecule has 34 heavy (non-hydrogen) atoms. The molecule has 2 aliphatic heterocycles. The molecule has 2 aromatic rings. The normalized spacial score (nSPS) is 17.4. The second-order valence-corrected chi connectivity index (χ2v) is 10.2. The maximum absolute atomic E-state index is 12.9. The molecule has 0 unspecified atom stereocenters. The Bertz CT molecular complexity index is 1110. The zero-order chi connectivity index (χ0) is 24.1. The van der Waals surface area contributed by atoms with Crippen molar-refractivity contribution in [2.45, 2.75) is 11.8 Å². The lowest BCUT2D eigenvalue weighted by atomic mass is 10.2. The van der Waals surface area contributed by atoms with E-state index in [0.717, 1.165) is 18.7 Å². The highest BCUT2D eigenvalue weighted by Crippen LogP contribution is 2.18. The first-order chi connectivity index (χ1) is 16.3. The summed E-state index contributed by atoms with van der Waals surface area (Å²) in [6.07, 6.45) is 0. The number of sulfonamides is 1. The third-order valence-corrected chi connectivity index (χ3v) is 7.49. The van der Waals surface area contributed by atoms with Gasteiger partial charge in [0, 0.05) is 50.5 Å². The minimum absolute atomic E-state index is 0.0737. The molecule has 2 aliphatic rings. The first-order valence-electron chi connectivity index (χ1n) is 11.4. The molecule has 4 rings (SSSR count). The average molecular weight is 487 g/mol. The Morgan fingerprint density at radius 2 is 1.44 bits per heavy atom. The topological polar surface area (TPSA) is 99.3 Å². The molecule has 9 nitrogen and oxygen atoms in total. The molecule has 2 amide bonds. The highest BCUT2D eigenvalue weighted by molar-refractivity contribution is 7.92. The monoisotopic (exact) mass is 486 g/mol. The molecular weight excluding hydrogens is 456 g/mol. The zero-order valence-electron chi connectivity index (χ0n) is 19.3. The summed E-state index contributed by atoms with van der Waals surface area (Å²) in [5.41, 5.74) is 1.93. The summed E-state index contributed by atoms with van der Waals surface area (Å²) in [5, 5.41) is 0. The number of rotatable bonds is 6. The highest BCUT2D eigenvalue weighted by Gasteiger charge is 2.26. The summed E-state index contributed by atoms with van der Waals surface area (Å²) in [4.78, 5) is 31.2. The molecule has 0 spiro atoms. The number of amides is 2. The molecule has 182 valence electrons. The van der Waals surface area contributed by atoms with Gasteiger partial charge >= 0.3 is 0 Å². The van der Waals surface area contributed by atoms with Crippen LogP contribution >= 0.6 is 0 Å². The highest BCUT2D eigenvalue weighted by atomic mass is 32.2. The van der Waals surface area contributed by atoms with Crippen molar-refractivity contribution in [1.82, 2.24) is 14.7 Å². The third-order valence-electron chi connectivity index (χ3n) is 6.10. The number of hydrogen-bond acceptors (Lipinski definition) is 6. The Hall–Kier alpha value is -2.95.